The zero-order valence-electron chi connectivity index (χ0n) is 30.6. The highest BCUT2D eigenvalue weighted by atomic mass is 16.5. The van der Waals surface area contributed by atoms with Gasteiger partial charge in [0.2, 0.25) is 0 Å². The summed E-state index contributed by atoms with van der Waals surface area (Å²) >= 11 is 0. The minimum Gasteiger partial charge on any atom is -0.504 e. The van der Waals surface area contributed by atoms with Crippen LogP contribution in [0.4, 0.5) is 11.4 Å². The summed E-state index contributed by atoms with van der Waals surface area (Å²) in [6, 6.07) is 20.7. The number of fused-ring (bicyclic) bond motifs is 1. The normalized spacial score (nSPS) is 13.2. The molecule has 2 aliphatic heterocycles. The predicted octanol–water partition coefficient (Wildman–Crippen LogP) is 6.27. The number of anilines is 2. The van der Waals surface area contributed by atoms with Gasteiger partial charge in [0.05, 0.1) is 49.1 Å². The Balaban J connectivity index is 0.000000369. The average Bonchev–Trinajstić information content (AvgIpc) is 3.59. The highest BCUT2D eigenvalue weighted by molar-refractivity contribution is 6.33. The van der Waals surface area contributed by atoms with E-state index in [1.165, 1.54) is 32.6 Å². The summed E-state index contributed by atoms with van der Waals surface area (Å²) in [5, 5.41) is 0. The lowest BCUT2D eigenvalue weighted by molar-refractivity contribution is -0.120. The van der Waals surface area contributed by atoms with Crippen molar-refractivity contribution in [1.82, 2.24) is 9.88 Å². The second kappa shape index (κ2) is 23.2. The number of carbonyl (C=O) groups excluding carboxylic acids is 5. The van der Waals surface area contributed by atoms with Crippen LogP contribution in [0.5, 0.6) is 0 Å². The number of carbonyl (C=O) groups is 5. The van der Waals surface area contributed by atoms with Crippen LogP contribution in [0.1, 0.15) is 68.5 Å². The molecule has 0 radical (unpaired) electrons. The number of hydrogen-bond acceptors (Lipinski definition) is 10. The Bertz CT molecular complexity index is 1630. The van der Waals surface area contributed by atoms with E-state index in [0.29, 0.717) is 54.1 Å². The topological polar surface area (TPSA) is 136 Å². The van der Waals surface area contributed by atoms with Crippen molar-refractivity contribution in [3.63, 3.8) is 0 Å². The number of pyridine rings is 1. The van der Waals surface area contributed by atoms with Crippen molar-refractivity contribution in [3.8, 4) is 0 Å². The second-order valence-corrected chi connectivity index (χ2v) is 11.6. The van der Waals surface area contributed by atoms with Gasteiger partial charge in [-0.25, -0.2) is 14.8 Å². The SMILES string of the molecule is C.CCN(C(C)C)C(C)C.CO/C=C(/C=O)COC.COCc1cnc2c(c1)C(=O)N(c1ccccc1)C2=O.O=C1C=CC(=O)N1c1ccccc1. The average molecular weight is 717 g/mol. The molecule has 0 bridgehead atoms. The summed E-state index contributed by atoms with van der Waals surface area (Å²) in [4.78, 5) is 66.0. The molecule has 0 unspecified atom stereocenters. The summed E-state index contributed by atoms with van der Waals surface area (Å²) in [5.74, 6) is -1.30. The van der Waals surface area contributed by atoms with Gasteiger partial charge in [0.15, 0.2) is 6.29 Å². The van der Waals surface area contributed by atoms with E-state index in [-0.39, 0.29) is 36.7 Å². The van der Waals surface area contributed by atoms with Gasteiger partial charge < -0.3 is 14.2 Å². The summed E-state index contributed by atoms with van der Waals surface area (Å²) < 4.78 is 14.3. The van der Waals surface area contributed by atoms with Crippen LogP contribution >= 0.6 is 0 Å². The number of ether oxygens (including phenoxy) is 3. The van der Waals surface area contributed by atoms with Gasteiger partial charge in [-0.3, -0.25) is 28.9 Å². The number of nitrogens with zero attached hydrogens (tertiary/aromatic N) is 4. The number of methoxy groups -OCH3 is 3. The van der Waals surface area contributed by atoms with Gasteiger partial charge in [0, 0.05) is 44.7 Å². The summed E-state index contributed by atoms with van der Waals surface area (Å²) in [6.07, 6.45) is 6.16. The van der Waals surface area contributed by atoms with Crippen molar-refractivity contribution in [2.24, 2.45) is 0 Å². The Kier molecular flexibility index (Phi) is 20.0. The predicted molar refractivity (Wildman–Crippen MR) is 203 cm³/mol. The number of aromatic nitrogens is 1. The largest absolute Gasteiger partial charge is 0.504 e. The third-order valence-corrected chi connectivity index (χ3v) is 7.36. The molecule has 0 saturated heterocycles. The fraction of sp³-hybridized carbons (Fsp3) is 0.350. The van der Waals surface area contributed by atoms with E-state index in [9.17, 15) is 24.0 Å². The highest BCUT2D eigenvalue weighted by Crippen LogP contribution is 2.27. The van der Waals surface area contributed by atoms with E-state index >= 15 is 0 Å². The van der Waals surface area contributed by atoms with Gasteiger partial charge >= 0.3 is 0 Å². The Morgan fingerprint density at radius 2 is 1.31 bits per heavy atom. The third-order valence-electron chi connectivity index (χ3n) is 7.36. The van der Waals surface area contributed by atoms with Gasteiger partial charge in [-0.15, -0.1) is 0 Å². The van der Waals surface area contributed by atoms with E-state index in [4.69, 9.17) is 4.74 Å². The van der Waals surface area contributed by atoms with Crippen molar-refractivity contribution in [2.45, 2.75) is 60.7 Å². The number of rotatable bonds is 11. The van der Waals surface area contributed by atoms with Crippen molar-refractivity contribution in [2.75, 3.05) is 44.3 Å². The molecule has 280 valence electrons. The number of para-hydroxylation sites is 2. The number of hydrogen-bond donors (Lipinski definition) is 0. The van der Waals surface area contributed by atoms with Crippen LogP contribution in [-0.4, -0.2) is 86.4 Å². The van der Waals surface area contributed by atoms with Crippen LogP contribution in [0.3, 0.4) is 0 Å². The molecule has 0 atom stereocenters. The molecule has 12 heteroatoms. The smallest absolute Gasteiger partial charge is 0.284 e. The van der Waals surface area contributed by atoms with Crippen molar-refractivity contribution in [1.29, 1.82) is 0 Å². The van der Waals surface area contributed by atoms with E-state index in [2.05, 4.69) is 54.0 Å². The Labute approximate surface area is 307 Å². The van der Waals surface area contributed by atoms with Crippen LogP contribution in [0.15, 0.2) is 96.9 Å². The van der Waals surface area contributed by atoms with Gasteiger partial charge in [0.1, 0.15) is 5.69 Å². The van der Waals surface area contributed by atoms with Crippen LogP contribution in [0.25, 0.3) is 0 Å². The molecule has 0 spiro atoms. The van der Waals surface area contributed by atoms with Crippen LogP contribution < -0.4 is 9.80 Å². The number of amides is 4. The number of imide groups is 2. The van der Waals surface area contributed by atoms with E-state index in [1.54, 1.807) is 67.9 Å². The van der Waals surface area contributed by atoms with Crippen LogP contribution in [-0.2, 0) is 35.2 Å². The number of benzene rings is 2. The minimum absolute atomic E-state index is 0. The molecule has 0 saturated carbocycles. The maximum Gasteiger partial charge on any atom is 0.284 e. The summed E-state index contributed by atoms with van der Waals surface area (Å²) in [5.41, 5.74) is 2.95. The molecule has 12 nitrogen and oxygen atoms in total. The van der Waals surface area contributed by atoms with E-state index in [1.807, 2.05) is 12.1 Å². The van der Waals surface area contributed by atoms with E-state index < -0.39 is 0 Å². The first-order chi connectivity index (χ1) is 24.4. The van der Waals surface area contributed by atoms with Crippen LogP contribution in [0, 0.1) is 0 Å². The van der Waals surface area contributed by atoms with Gasteiger partial charge in [-0.05, 0) is 70.1 Å². The third kappa shape index (κ3) is 12.8. The maximum atomic E-state index is 12.4. The summed E-state index contributed by atoms with van der Waals surface area (Å²) in [7, 11) is 4.57. The molecule has 4 amide bonds. The molecule has 3 heterocycles. The lowest BCUT2D eigenvalue weighted by Gasteiger charge is -2.28. The molecular formula is C40H52N4O8. The lowest BCUT2D eigenvalue weighted by atomic mass is 10.1. The molecule has 0 aliphatic carbocycles. The zero-order chi connectivity index (χ0) is 37.9. The first-order valence-corrected chi connectivity index (χ1v) is 16.4. The molecule has 1 aromatic heterocycles. The van der Waals surface area contributed by atoms with E-state index in [0.717, 1.165) is 21.9 Å². The Hall–Kier alpha value is -5.30. The Morgan fingerprint density at radius 3 is 1.71 bits per heavy atom. The van der Waals surface area contributed by atoms with Crippen molar-refractivity contribution >= 4 is 41.3 Å². The van der Waals surface area contributed by atoms with Crippen molar-refractivity contribution in [3.05, 3.63) is 114 Å². The summed E-state index contributed by atoms with van der Waals surface area (Å²) in [6.45, 7) is 13.0. The minimum atomic E-state index is -0.389. The van der Waals surface area contributed by atoms with Gasteiger partial charge in [-0.2, -0.15) is 0 Å². The maximum absolute atomic E-state index is 12.4. The molecule has 5 rings (SSSR count). The van der Waals surface area contributed by atoms with Crippen molar-refractivity contribution < 1.29 is 38.2 Å². The molecule has 2 aromatic carbocycles. The fourth-order valence-electron chi connectivity index (χ4n) is 5.19. The zero-order valence-corrected chi connectivity index (χ0v) is 30.6. The fourth-order valence-corrected chi connectivity index (χ4v) is 5.19. The first kappa shape index (κ1) is 44.7. The molecular weight excluding hydrogens is 664 g/mol. The molecule has 2 aliphatic rings. The Morgan fingerprint density at radius 1 is 0.788 bits per heavy atom. The number of aldehydes is 1. The quantitative estimate of drug-likeness (QED) is 0.0967. The lowest BCUT2D eigenvalue weighted by Crippen LogP contribution is -2.36. The highest BCUT2D eigenvalue weighted by Gasteiger charge is 2.38. The molecule has 3 aromatic rings. The standard InChI is InChI=1S/C15H12N2O3.C10H7NO2.C8H19N.C6H10O3.CH4/c1-20-9-10-7-12-13(16-8-10)15(19)17(14(12)18)11-5-3-2-4-6-11;12-9-6-7-10(13)11(9)8-4-2-1-3-5-8;1-6-9(7(2)3)8(4)5;1-8-4-6(3-7)5-9-2;/h2-8H,9H2,1H3;1-7H;7-8H,6H2,1-5H3;3-4H,5H2,1-2H3;1H4/b;;;6-4-;. The molecule has 52 heavy (non-hydrogen) atoms. The molecule has 0 N–H and O–H groups in total. The molecule has 0 fully saturated rings. The van der Waals surface area contributed by atoms with Crippen LogP contribution in [0.2, 0.25) is 0 Å². The van der Waals surface area contributed by atoms with Gasteiger partial charge in [0.25, 0.3) is 23.6 Å². The first-order valence-electron chi connectivity index (χ1n) is 16.4. The monoisotopic (exact) mass is 716 g/mol. The second-order valence-electron chi connectivity index (χ2n) is 11.6. The van der Waals surface area contributed by atoms with Gasteiger partial charge in [-0.1, -0.05) is 50.7 Å².